The normalized spacial score (nSPS) is 29.1. The Balaban J connectivity index is 2.08. The first-order valence-electron chi connectivity index (χ1n) is 5.55. The lowest BCUT2D eigenvalue weighted by Gasteiger charge is -2.40. The highest BCUT2D eigenvalue weighted by Gasteiger charge is 2.45. The molecule has 1 saturated heterocycles. The number of carbonyl (C=O) groups excluding carboxylic acids is 2. The monoisotopic (exact) mass is 260 g/mol. The number of methoxy groups -OCH3 is 1. The summed E-state index contributed by atoms with van der Waals surface area (Å²) in [5.74, 6) is 1.49. The second-order valence-electron chi connectivity index (χ2n) is 4.21. The van der Waals surface area contributed by atoms with Gasteiger partial charge in [-0.3, -0.25) is 9.59 Å². The van der Waals surface area contributed by atoms with Crippen LogP contribution >= 0.6 is 23.5 Å². The van der Waals surface area contributed by atoms with Crippen molar-refractivity contribution in [1.29, 1.82) is 0 Å². The first-order valence-corrected chi connectivity index (χ1v) is 7.52. The van der Waals surface area contributed by atoms with Gasteiger partial charge in [-0.1, -0.05) is 0 Å². The predicted octanol–water partition coefficient (Wildman–Crippen LogP) is 2.09. The first-order chi connectivity index (χ1) is 7.67. The maximum absolute atomic E-state index is 11.7. The topological polar surface area (TPSA) is 43.4 Å². The van der Waals surface area contributed by atoms with E-state index in [0.29, 0.717) is 12.8 Å². The van der Waals surface area contributed by atoms with Crippen molar-refractivity contribution in [2.45, 2.75) is 29.8 Å². The van der Waals surface area contributed by atoms with Crippen LogP contribution in [0.3, 0.4) is 0 Å². The number of Topliss-reactive ketones (excluding diaryl/α,β-unsaturated/α-hetero) is 1. The van der Waals surface area contributed by atoms with Crippen LogP contribution in [0.25, 0.3) is 0 Å². The summed E-state index contributed by atoms with van der Waals surface area (Å²) in [5.41, 5.74) is 0. The lowest BCUT2D eigenvalue weighted by molar-refractivity contribution is -0.150. The van der Waals surface area contributed by atoms with Gasteiger partial charge in [0.25, 0.3) is 0 Å². The highest BCUT2D eigenvalue weighted by molar-refractivity contribution is 8.18. The fourth-order valence-corrected chi connectivity index (χ4v) is 5.65. The number of esters is 1. The number of hydrogen-bond donors (Lipinski definition) is 0. The minimum Gasteiger partial charge on any atom is -0.468 e. The average Bonchev–Trinajstić information content (AvgIpc) is 2.33. The van der Waals surface area contributed by atoms with Gasteiger partial charge in [-0.15, -0.1) is 23.5 Å². The molecule has 0 aromatic carbocycles. The Labute approximate surface area is 104 Å². The van der Waals surface area contributed by atoms with Gasteiger partial charge in [0.15, 0.2) is 0 Å². The van der Waals surface area contributed by atoms with Gasteiger partial charge in [-0.05, 0) is 30.8 Å². The molecule has 0 N–H and O–H groups in total. The van der Waals surface area contributed by atoms with Crippen LogP contribution in [-0.2, 0) is 14.3 Å². The molecule has 0 radical (unpaired) electrons. The van der Waals surface area contributed by atoms with Crippen molar-refractivity contribution in [2.24, 2.45) is 5.92 Å². The lowest BCUT2D eigenvalue weighted by Crippen LogP contribution is -2.40. The Bertz CT molecular complexity index is 290. The third-order valence-corrected chi connectivity index (χ3v) is 6.65. The van der Waals surface area contributed by atoms with Crippen molar-refractivity contribution in [1.82, 2.24) is 0 Å². The van der Waals surface area contributed by atoms with E-state index in [1.54, 1.807) is 0 Å². The summed E-state index contributed by atoms with van der Waals surface area (Å²) in [4.78, 5) is 23.2. The van der Waals surface area contributed by atoms with E-state index in [2.05, 4.69) is 0 Å². The molecule has 0 aromatic rings. The van der Waals surface area contributed by atoms with E-state index in [9.17, 15) is 9.59 Å². The van der Waals surface area contributed by atoms with Crippen molar-refractivity contribution in [3.8, 4) is 0 Å². The van der Waals surface area contributed by atoms with Crippen LogP contribution in [0.1, 0.15) is 25.7 Å². The van der Waals surface area contributed by atoms with Crippen molar-refractivity contribution >= 4 is 35.3 Å². The van der Waals surface area contributed by atoms with Gasteiger partial charge < -0.3 is 4.74 Å². The molecular weight excluding hydrogens is 244 g/mol. The molecule has 5 heteroatoms. The minimum atomic E-state index is -0.517. The van der Waals surface area contributed by atoms with E-state index in [1.165, 1.54) is 13.5 Å². The van der Waals surface area contributed by atoms with E-state index in [0.717, 1.165) is 17.9 Å². The zero-order valence-corrected chi connectivity index (χ0v) is 11.0. The fourth-order valence-electron chi connectivity index (χ4n) is 2.25. The molecule has 1 atom stereocenters. The number of thioether (sulfide) groups is 2. The summed E-state index contributed by atoms with van der Waals surface area (Å²) < 4.78 is 4.82. The van der Waals surface area contributed by atoms with Crippen molar-refractivity contribution in [2.75, 3.05) is 18.6 Å². The van der Waals surface area contributed by atoms with Gasteiger partial charge in [-0.2, -0.15) is 0 Å². The summed E-state index contributed by atoms with van der Waals surface area (Å²) in [6.07, 6.45) is 3.33. The Morgan fingerprint density at radius 3 is 2.75 bits per heavy atom. The Morgan fingerprint density at radius 2 is 2.12 bits per heavy atom. The standard InChI is InChI=1S/C11H16O3S2/c1-14-10(13)8-7-11(4-3-9(8)12)15-5-2-6-16-11/h8H,2-7H2,1H3. The highest BCUT2D eigenvalue weighted by atomic mass is 32.2. The molecule has 1 aliphatic heterocycles. The van der Waals surface area contributed by atoms with Crippen molar-refractivity contribution < 1.29 is 14.3 Å². The number of rotatable bonds is 1. The molecule has 1 saturated carbocycles. The molecule has 0 bridgehead atoms. The Kier molecular flexibility index (Phi) is 3.85. The molecule has 3 nitrogen and oxygen atoms in total. The van der Waals surface area contributed by atoms with Crippen LogP contribution in [0.2, 0.25) is 0 Å². The maximum atomic E-state index is 11.7. The molecule has 1 unspecified atom stereocenters. The average molecular weight is 260 g/mol. The molecule has 0 amide bonds. The van der Waals surface area contributed by atoms with Gasteiger partial charge in [0.2, 0.25) is 0 Å². The first kappa shape index (κ1) is 12.3. The smallest absolute Gasteiger partial charge is 0.316 e. The zero-order chi connectivity index (χ0) is 11.6. The van der Waals surface area contributed by atoms with Crippen LogP contribution < -0.4 is 0 Å². The second-order valence-corrected chi connectivity index (χ2v) is 7.42. The third-order valence-electron chi connectivity index (χ3n) is 3.16. The van der Waals surface area contributed by atoms with E-state index < -0.39 is 5.92 Å². The van der Waals surface area contributed by atoms with Crippen molar-refractivity contribution in [3.63, 3.8) is 0 Å². The van der Waals surface area contributed by atoms with Gasteiger partial charge >= 0.3 is 5.97 Å². The van der Waals surface area contributed by atoms with Gasteiger partial charge in [0, 0.05) is 6.42 Å². The number of carbonyl (C=O) groups is 2. The molecule has 90 valence electrons. The third kappa shape index (κ3) is 2.40. The summed E-state index contributed by atoms with van der Waals surface area (Å²) in [7, 11) is 1.36. The molecule has 1 spiro atoms. The largest absolute Gasteiger partial charge is 0.468 e. The lowest BCUT2D eigenvalue weighted by atomic mass is 9.87. The zero-order valence-electron chi connectivity index (χ0n) is 9.36. The van der Waals surface area contributed by atoms with Gasteiger partial charge in [0.1, 0.15) is 11.7 Å². The summed E-state index contributed by atoms with van der Waals surface area (Å²) in [6, 6.07) is 0. The van der Waals surface area contributed by atoms with Crippen LogP contribution in [0.15, 0.2) is 0 Å². The van der Waals surface area contributed by atoms with E-state index >= 15 is 0 Å². The molecule has 1 aliphatic carbocycles. The van der Waals surface area contributed by atoms with E-state index in [4.69, 9.17) is 4.74 Å². The molecule has 0 aromatic heterocycles. The molecular formula is C11H16O3S2. The second kappa shape index (κ2) is 5.00. The number of hydrogen-bond acceptors (Lipinski definition) is 5. The molecule has 2 aliphatic rings. The SMILES string of the molecule is COC(=O)C1CC2(CCC1=O)SCCCS2. The summed E-state index contributed by atoms with van der Waals surface area (Å²) in [5, 5.41) is 0. The van der Waals surface area contributed by atoms with Gasteiger partial charge in [0.05, 0.1) is 11.2 Å². The summed E-state index contributed by atoms with van der Waals surface area (Å²) in [6.45, 7) is 0. The minimum absolute atomic E-state index is 0.0595. The Hall–Kier alpha value is -0.160. The van der Waals surface area contributed by atoms with Gasteiger partial charge in [-0.25, -0.2) is 0 Å². The summed E-state index contributed by atoms with van der Waals surface area (Å²) >= 11 is 3.85. The van der Waals surface area contributed by atoms with Crippen LogP contribution in [-0.4, -0.2) is 34.4 Å². The highest BCUT2D eigenvalue weighted by Crippen LogP contribution is 2.52. The maximum Gasteiger partial charge on any atom is 0.316 e. The number of ketones is 1. The molecule has 2 rings (SSSR count). The predicted molar refractivity (Wildman–Crippen MR) is 66.6 cm³/mol. The van der Waals surface area contributed by atoms with E-state index in [1.807, 2.05) is 23.5 Å². The van der Waals surface area contributed by atoms with Crippen LogP contribution in [0, 0.1) is 5.92 Å². The quantitative estimate of drug-likeness (QED) is 0.533. The van der Waals surface area contributed by atoms with Crippen molar-refractivity contribution in [3.05, 3.63) is 0 Å². The van der Waals surface area contributed by atoms with Crippen LogP contribution in [0.5, 0.6) is 0 Å². The molecule has 2 fully saturated rings. The van der Waals surface area contributed by atoms with E-state index in [-0.39, 0.29) is 15.8 Å². The Morgan fingerprint density at radius 1 is 1.44 bits per heavy atom. The fraction of sp³-hybridized carbons (Fsp3) is 0.818. The van der Waals surface area contributed by atoms with Crippen LogP contribution in [0.4, 0.5) is 0 Å². The molecule has 16 heavy (non-hydrogen) atoms. The molecule has 1 heterocycles. The number of ether oxygens (including phenoxy) is 1.